The van der Waals surface area contributed by atoms with Crippen LogP contribution < -0.4 is 5.63 Å². The Morgan fingerprint density at radius 2 is 1.73 bits per heavy atom. The lowest BCUT2D eigenvalue weighted by Gasteiger charge is -2.08. The SMILES string of the molecule is O=c1cc(-c2cccc(F)c2)c2ccc(Cn3cc(-c4ccccc4)nn3)cc2o1. The Hall–Kier alpha value is -4.06. The number of aromatic nitrogens is 3. The van der Waals surface area contributed by atoms with Crippen LogP contribution in [0.5, 0.6) is 0 Å². The van der Waals surface area contributed by atoms with Gasteiger partial charge in [-0.2, -0.15) is 0 Å². The molecule has 146 valence electrons. The summed E-state index contributed by atoms with van der Waals surface area (Å²) in [6, 6.07) is 23.0. The third-order valence-corrected chi connectivity index (χ3v) is 4.90. The number of benzene rings is 3. The predicted molar refractivity (Wildman–Crippen MR) is 112 cm³/mol. The Balaban J connectivity index is 1.50. The minimum Gasteiger partial charge on any atom is -0.423 e. The minimum absolute atomic E-state index is 0.356. The molecule has 0 aliphatic heterocycles. The van der Waals surface area contributed by atoms with Crippen LogP contribution in [0.4, 0.5) is 4.39 Å². The number of rotatable bonds is 4. The largest absolute Gasteiger partial charge is 0.423 e. The van der Waals surface area contributed by atoms with E-state index in [1.54, 1.807) is 16.8 Å². The molecule has 0 amide bonds. The summed E-state index contributed by atoms with van der Waals surface area (Å²) in [5, 5.41) is 9.16. The average molecular weight is 397 g/mol. The van der Waals surface area contributed by atoms with Crippen LogP contribution in [0, 0.1) is 5.82 Å². The molecule has 0 atom stereocenters. The highest BCUT2D eigenvalue weighted by molar-refractivity contribution is 5.93. The van der Waals surface area contributed by atoms with Crippen molar-refractivity contribution < 1.29 is 8.81 Å². The fourth-order valence-electron chi connectivity index (χ4n) is 3.50. The molecule has 0 unspecified atom stereocenters. The minimum atomic E-state index is -0.481. The van der Waals surface area contributed by atoms with Gasteiger partial charge >= 0.3 is 5.63 Å². The lowest BCUT2D eigenvalue weighted by molar-refractivity contribution is 0.560. The van der Waals surface area contributed by atoms with Crippen LogP contribution >= 0.6 is 0 Å². The molecule has 0 radical (unpaired) electrons. The lowest BCUT2D eigenvalue weighted by Crippen LogP contribution is -2.02. The molecule has 5 nitrogen and oxygen atoms in total. The van der Waals surface area contributed by atoms with Crippen molar-refractivity contribution in [2.45, 2.75) is 6.54 Å². The number of fused-ring (bicyclic) bond motifs is 1. The first-order valence-corrected chi connectivity index (χ1v) is 9.44. The second-order valence-corrected chi connectivity index (χ2v) is 6.99. The second-order valence-electron chi connectivity index (χ2n) is 6.99. The fourth-order valence-corrected chi connectivity index (χ4v) is 3.50. The predicted octanol–water partition coefficient (Wildman–Crippen LogP) is 4.91. The zero-order valence-corrected chi connectivity index (χ0v) is 15.8. The van der Waals surface area contributed by atoms with Gasteiger partial charge in [0.25, 0.3) is 0 Å². The summed E-state index contributed by atoms with van der Waals surface area (Å²) in [4.78, 5) is 12.1. The quantitative estimate of drug-likeness (QED) is 0.405. The summed E-state index contributed by atoms with van der Waals surface area (Å²) in [5.74, 6) is -0.356. The molecule has 0 fully saturated rings. The standard InChI is InChI=1S/C24H16FN3O2/c25-19-8-4-7-18(12-19)21-13-24(29)30-23-11-16(9-10-20(21)23)14-28-15-22(26-27-28)17-5-2-1-3-6-17/h1-13,15H,14H2. The summed E-state index contributed by atoms with van der Waals surface area (Å²) in [6.45, 7) is 0.476. The summed E-state index contributed by atoms with van der Waals surface area (Å²) in [5.41, 5.74) is 3.92. The monoisotopic (exact) mass is 397 g/mol. The van der Waals surface area contributed by atoms with Gasteiger partial charge in [-0.15, -0.1) is 5.10 Å². The van der Waals surface area contributed by atoms with Gasteiger partial charge in [0.15, 0.2) is 0 Å². The molecule has 0 saturated heterocycles. The summed E-state index contributed by atoms with van der Waals surface area (Å²) < 4.78 is 20.8. The molecule has 0 spiro atoms. The van der Waals surface area contributed by atoms with Gasteiger partial charge in [-0.1, -0.05) is 59.8 Å². The Bertz CT molecular complexity index is 1410. The molecule has 30 heavy (non-hydrogen) atoms. The highest BCUT2D eigenvalue weighted by Crippen LogP contribution is 2.28. The van der Waals surface area contributed by atoms with Gasteiger partial charge in [0.1, 0.15) is 17.1 Å². The molecule has 5 aromatic rings. The van der Waals surface area contributed by atoms with E-state index in [4.69, 9.17) is 4.42 Å². The van der Waals surface area contributed by atoms with E-state index in [1.165, 1.54) is 18.2 Å². The van der Waals surface area contributed by atoms with Crippen molar-refractivity contribution in [3.63, 3.8) is 0 Å². The van der Waals surface area contributed by atoms with Crippen molar-refractivity contribution in [3.8, 4) is 22.4 Å². The molecular formula is C24H16FN3O2. The first-order valence-electron chi connectivity index (χ1n) is 9.44. The third kappa shape index (κ3) is 3.51. The van der Waals surface area contributed by atoms with Gasteiger partial charge < -0.3 is 4.42 Å². The van der Waals surface area contributed by atoms with Gasteiger partial charge in [0.05, 0.1) is 12.7 Å². The zero-order valence-electron chi connectivity index (χ0n) is 15.8. The highest BCUT2D eigenvalue weighted by Gasteiger charge is 2.10. The first kappa shape index (κ1) is 18.0. The molecule has 0 aliphatic rings. The Labute approximate surface area is 171 Å². The first-order chi connectivity index (χ1) is 14.7. The fraction of sp³-hybridized carbons (Fsp3) is 0.0417. The van der Waals surface area contributed by atoms with E-state index in [9.17, 15) is 9.18 Å². The summed E-state index contributed by atoms with van der Waals surface area (Å²) >= 11 is 0. The van der Waals surface area contributed by atoms with Crippen molar-refractivity contribution in [1.29, 1.82) is 0 Å². The van der Waals surface area contributed by atoms with Gasteiger partial charge in [0, 0.05) is 17.0 Å². The van der Waals surface area contributed by atoms with Gasteiger partial charge in [-0.3, -0.25) is 0 Å². The number of nitrogens with zero attached hydrogens (tertiary/aromatic N) is 3. The Morgan fingerprint density at radius 1 is 0.900 bits per heavy atom. The van der Waals surface area contributed by atoms with E-state index >= 15 is 0 Å². The van der Waals surface area contributed by atoms with Crippen LogP contribution in [0.1, 0.15) is 5.56 Å². The normalized spacial score (nSPS) is 11.1. The highest BCUT2D eigenvalue weighted by atomic mass is 19.1. The van der Waals surface area contributed by atoms with Crippen LogP contribution in [-0.2, 0) is 6.54 Å². The zero-order chi connectivity index (χ0) is 20.5. The number of halogens is 1. The molecule has 0 N–H and O–H groups in total. The van der Waals surface area contributed by atoms with E-state index in [2.05, 4.69) is 10.3 Å². The lowest BCUT2D eigenvalue weighted by atomic mass is 10.0. The van der Waals surface area contributed by atoms with Crippen LogP contribution in [0.15, 0.2) is 94.3 Å². The van der Waals surface area contributed by atoms with Crippen molar-refractivity contribution in [3.05, 3.63) is 107 Å². The van der Waals surface area contributed by atoms with Crippen molar-refractivity contribution in [1.82, 2.24) is 15.0 Å². The van der Waals surface area contributed by atoms with Crippen molar-refractivity contribution in [2.24, 2.45) is 0 Å². The molecule has 6 heteroatoms. The number of hydrogen-bond acceptors (Lipinski definition) is 4. The molecular weight excluding hydrogens is 381 g/mol. The van der Waals surface area contributed by atoms with Crippen LogP contribution in [0.25, 0.3) is 33.4 Å². The summed E-state index contributed by atoms with van der Waals surface area (Å²) in [6.07, 6.45) is 1.87. The molecule has 2 heterocycles. The molecule has 2 aromatic heterocycles. The maximum atomic E-state index is 13.7. The molecule has 3 aromatic carbocycles. The maximum absolute atomic E-state index is 13.7. The molecule has 5 rings (SSSR count). The molecule has 0 bridgehead atoms. The van der Waals surface area contributed by atoms with Crippen LogP contribution in [0.3, 0.4) is 0 Å². The van der Waals surface area contributed by atoms with Gasteiger partial charge in [-0.05, 0) is 34.9 Å². The topological polar surface area (TPSA) is 60.9 Å². The van der Waals surface area contributed by atoms with E-state index in [-0.39, 0.29) is 5.82 Å². The Kier molecular flexibility index (Phi) is 4.44. The van der Waals surface area contributed by atoms with E-state index < -0.39 is 5.63 Å². The molecule has 0 saturated carbocycles. The number of hydrogen-bond donors (Lipinski definition) is 0. The van der Waals surface area contributed by atoms with E-state index in [1.807, 2.05) is 54.7 Å². The van der Waals surface area contributed by atoms with E-state index in [0.717, 1.165) is 22.2 Å². The Morgan fingerprint density at radius 3 is 2.57 bits per heavy atom. The molecule has 0 aliphatic carbocycles. The second kappa shape index (κ2) is 7.40. The van der Waals surface area contributed by atoms with Crippen molar-refractivity contribution >= 4 is 11.0 Å². The average Bonchev–Trinajstić information content (AvgIpc) is 3.22. The van der Waals surface area contributed by atoms with Crippen LogP contribution in [-0.4, -0.2) is 15.0 Å². The third-order valence-electron chi connectivity index (χ3n) is 4.90. The van der Waals surface area contributed by atoms with Crippen molar-refractivity contribution in [2.75, 3.05) is 0 Å². The maximum Gasteiger partial charge on any atom is 0.336 e. The van der Waals surface area contributed by atoms with Gasteiger partial charge in [0.2, 0.25) is 0 Å². The smallest absolute Gasteiger partial charge is 0.336 e. The van der Waals surface area contributed by atoms with E-state index in [0.29, 0.717) is 23.3 Å². The summed E-state index contributed by atoms with van der Waals surface area (Å²) in [7, 11) is 0. The van der Waals surface area contributed by atoms with Crippen LogP contribution in [0.2, 0.25) is 0 Å². The van der Waals surface area contributed by atoms with Gasteiger partial charge in [-0.25, -0.2) is 13.9 Å².